The minimum atomic E-state index is -0.492. The van der Waals surface area contributed by atoms with E-state index >= 15 is 0 Å². The first-order valence-electron chi connectivity index (χ1n) is 10.5. The van der Waals surface area contributed by atoms with Crippen molar-refractivity contribution in [3.63, 3.8) is 0 Å². The maximum absolute atomic E-state index is 13.2. The third-order valence-corrected chi connectivity index (χ3v) is 8.53. The summed E-state index contributed by atoms with van der Waals surface area (Å²) in [6, 6.07) is 20.0. The second-order valence-corrected chi connectivity index (χ2v) is 10.5. The highest BCUT2D eigenvalue weighted by Crippen LogP contribution is 2.45. The van der Waals surface area contributed by atoms with Gasteiger partial charge in [0.2, 0.25) is 11.8 Å². The zero-order valence-electron chi connectivity index (χ0n) is 17.3. The average Bonchev–Trinajstić information content (AvgIpc) is 3.30. The van der Waals surface area contributed by atoms with Crippen molar-refractivity contribution in [3.05, 3.63) is 76.2 Å². The van der Waals surface area contributed by atoms with Crippen molar-refractivity contribution in [2.24, 2.45) is 0 Å². The van der Waals surface area contributed by atoms with E-state index in [0.717, 1.165) is 34.6 Å². The van der Waals surface area contributed by atoms with Crippen molar-refractivity contribution >= 4 is 45.6 Å². The molecule has 1 aliphatic carbocycles. The van der Waals surface area contributed by atoms with Gasteiger partial charge in [-0.1, -0.05) is 30.3 Å². The topological polar surface area (TPSA) is 87.2 Å². The van der Waals surface area contributed by atoms with E-state index in [9.17, 15) is 14.9 Å². The summed E-state index contributed by atoms with van der Waals surface area (Å²) in [5, 5.41) is 9.91. The molecule has 160 valence electrons. The van der Waals surface area contributed by atoms with Crippen LogP contribution in [0.15, 0.2) is 59.5 Å². The Morgan fingerprint density at radius 2 is 1.81 bits per heavy atom. The lowest BCUT2D eigenvalue weighted by Crippen LogP contribution is -2.31. The number of imide groups is 1. The van der Waals surface area contributed by atoms with Crippen LogP contribution >= 0.6 is 23.1 Å². The van der Waals surface area contributed by atoms with Crippen molar-refractivity contribution < 1.29 is 9.59 Å². The number of carbonyl (C=O) groups is 2. The Kier molecular flexibility index (Phi) is 5.50. The number of anilines is 2. The fourth-order valence-electron chi connectivity index (χ4n) is 4.47. The molecule has 0 saturated carbocycles. The molecule has 2 amide bonds. The summed E-state index contributed by atoms with van der Waals surface area (Å²) in [7, 11) is 0. The third kappa shape index (κ3) is 3.70. The smallest absolute Gasteiger partial charge is 0.248 e. The first-order chi connectivity index (χ1) is 15.5. The van der Waals surface area contributed by atoms with E-state index in [1.54, 1.807) is 12.1 Å². The Hall–Kier alpha value is -3.08. The number of amides is 2. The molecule has 0 bridgehead atoms. The van der Waals surface area contributed by atoms with Crippen molar-refractivity contribution in [3.8, 4) is 6.07 Å². The van der Waals surface area contributed by atoms with Gasteiger partial charge in [0, 0.05) is 21.9 Å². The summed E-state index contributed by atoms with van der Waals surface area (Å²) in [6.45, 7) is 0. The molecule has 5 rings (SSSR count). The van der Waals surface area contributed by atoms with Crippen LogP contribution in [-0.4, -0.2) is 17.1 Å². The second kappa shape index (κ2) is 8.45. The summed E-state index contributed by atoms with van der Waals surface area (Å²) in [5.74, 6) is -0.0928. The van der Waals surface area contributed by atoms with E-state index in [0.29, 0.717) is 22.2 Å². The van der Waals surface area contributed by atoms with Crippen molar-refractivity contribution in [2.45, 2.75) is 41.7 Å². The second-order valence-electron chi connectivity index (χ2n) is 8.09. The highest BCUT2D eigenvalue weighted by atomic mass is 32.2. The number of nitriles is 1. The van der Waals surface area contributed by atoms with Crippen LogP contribution in [-0.2, 0) is 22.4 Å². The standard InChI is InChI=1S/C25H21N3O2S2/c26-14-20-19-11-6-16(15-4-2-1-3-5-15)12-21(19)32-25(20)28-23(29)13-22(24(28)30)31-18-9-7-17(27)8-10-18/h1-5,7-10,16,22H,6,11-13,27H2. The van der Waals surface area contributed by atoms with Crippen LogP contribution < -0.4 is 10.6 Å². The van der Waals surface area contributed by atoms with E-state index in [1.165, 1.54) is 33.6 Å². The van der Waals surface area contributed by atoms with Gasteiger partial charge in [-0.15, -0.1) is 23.1 Å². The Morgan fingerprint density at radius 1 is 1.06 bits per heavy atom. The van der Waals surface area contributed by atoms with Gasteiger partial charge in [0.15, 0.2) is 0 Å². The maximum atomic E-state index is 13.2. The van der Waals surface area contributed by atoms with Crippen LogP contribution in [0.1, 0.15) is 40.3 Å². The molecular weight excluding hydrogens is 438 g/mol. The number of rotatable bonds is 4. The number of hydrogen-bond acceptors (Lipinski definition) is 6. The van der Waals surface area contributed by atoms with Crippen LogP contribution in [0.25, 0.3) is 0 Å². The van der Waals surface area contributed by atoms with Gasteiger partial charge in [-0.3, -0.25) is 9.59 Å². The van der Waals surface area contributed by atoms with Crippen molar-refractivity contribution in [1.29, 1.82) is 5.26 Å². The predicted octanol–water partition coefficient (Wildman–Crippen LogP) is 4.90. The monoisotopic (exact) mass is 459 g/mol. The van der Waals surface area contributed by atoms with Gasteiger partial charge < -0.3 is 5.73 Å². The molecule has 0 radical (unpaired) electrons. The van der Waals surface area contributed by atoms with Crippen LogP contribution in [0.3, 0.4) is 0 Å². The molecule has 5 nitrogen and oxygen atoms in total. The zero-order valence-corrected chi connectivity index (χ0v) is 18.9. The number of benzene rings is 2. The predicted molar refractivity (Wildman–Crippen MR) is 128 cm³/mol. The molecule has 32 heavy (non-hydrogen) atoms. The van der Waals surface area contributed by atoms with Gasteiger partial charge in [0.25, 0.3) is 0 Å². The van der Waals surface area contributed by atoms with Gasteiger partial charge >= 0.3 is 0 Å². The molecule has 2 atom stereocenters. The normalized spacial score (nSPS) is 20.3. The average molecular weight is 460 g/mol. The van der Waals surface area contributed by atoms with E-state index in [-0.39, 0.29) is 18.2 Å². The summed E-state index contributed by atoms with van der Waals surface area (Å²) in [5.41, 5.74) is 9.19. The first-order valence-corrected chi connectivity index (χ1v) is 12.2. The van der Waals surface area contributed by atoms with Crippen LogP contribution in [0.2, 0.25) is 0 Å². The Labute approximate surface area is 194 Å². The maximum Gasteiger partial charge on any atom is 0.248 e. The molecule has 1 fully saturated rings. The zero-order chi connectivity index (χ0) is 22.2. The van der Waals surface area contributed by atoms with Crippen LogP contribution in [0.4, 0.5) is 10.7 Å². The molecule has 2 unspecified atom stereocenters. The van der Waals surface area contributed by atoms with E-state index in [2.05, 4.69) is 18.2 Å². The largest absolute Gasteiger partial charge is 0.399 e. The molecule has 7 heteroatoms. The number of carbonyl (C=O) groups excluding carboxylic acids is 2. The van der Waals surface area contributed by atoms with Crippen molar-refractivity contribution in [2.75, 3.05) is 10.6 Å². The summed E-state index contributed by atoms with van der Waals surface area (Å²) >= 11 is 2.81. The lowest BCUT2D eigenvalue weighted by Gasteiger charge is -2.22. The SMILES string of the molecule is N#Cc1c(N2C(=O)CC(Sc3ccc(N)cc3)C2=O)sc2c1CCC(c1ccccc1)C2. The first kappa shape index (κ1) is 20.8. The molecule has 0 spiro atoms. The Balaban J connectivity index is 1.42. The molecular formula is C25H21N3O2S2. The Bertz CT molecular complexity index is 1230. The molecule has 1 saturated heterocycles. The molecule has 1 aromatic heterocycles. The minimum Gasteiger partial charge on any atom is -0.399 e. The minimum absolute atomic E-state index is 0.133. The fourth-order valence-corrected chi connectivity index (χ4v) is 6.93. The summed E-state index contributed by atoms with van der Waals surface area (Å²) in [4.78, 5) is 29.4. The summed E-state index contributed by atoms with van der Waals surface area (Å²) in [6.07, 6.45) is 2.71. The third-order valence-electron chi connectivity index (χ3n) is 6.10. The van der Waals surface area contributed by atoms with Gasteiger partial charge in [-0.25, -0.2) is 4.90 Å². The van der Waals surface area contributed by atoms with E-state index < -0.39 is 5.25 Å². The number of fused-ring (bicyclic) bond motifs is 1. The van der Waals surface area contributed by atoms with Gasteiger partial charge in [0.1, 0.15) is 11.1 Å². The molecule has 2 heterocycles. The van der Waals surface area contributed by atoms with Crippen LogP contribution in [0.5, 0.6) is 0 Å². The summed E-state index contributed by atoms with van der Waals surface area (Å²) < 4.78 is 0. The number of nitrogens with two attached hydrogens (primary N) is 1. The highest BCUT2D eigenvalue weighted by Gasteiger charge is 2.43. The molecule has 2 aliphatic rings. The number of thioether (sulfide) groups is 1. The Morgan fingerprint density at radius 3 is 2.53 bits per heavy atom. The lowest BCUT2D eigenvalue weighted by molar-refractivity contribution is -0.121. The number of nitrogens with zero attached hydrogens (tertiary/aromatic N) is 2. The fraction of sp³-hybridized carbons (Fsp3) is 0.240. The molecule has 2 aromatic carbocycles. The molecule has 1 aliphatic heterocycles. The van der Waals surface area contributed by atoms with Crippen LogP contribution in [0, 0.1) is 11.3 Å². The quantitative estimate of drug-likeness (QED) is 0.443. The van der Waals surface area contributed by atoms with Crippen molar-refractivity contribution in [1.82, 2.24) is 0 Å². The van der Waals surface area contributed by atoms with Gasteiger partial charge in [0.05, 0.1) is 10.8 Å². The molecule has 3 aromatic rings. The lowest BCUT2D eigenvalue weighted by atomic mass is 9.83. The number of nitrogen functional groups attached to an aromatic ring is 1. The highest BCUT2D eigenvalue weighted by molar-refractivity contribution is 8.00. The molecule has 2 N–H and O–H groups in total. The number of hydrogen-bond donors (Lipinski definition) is 1. The van der Waals surface area contributed by atoms with E-state index in [4.69, 9.17) is 5.73 Å². The van der Waals surface area contributed by atoms with Gasteiger partial charge in [-0.05, 0) is 60.6 Å². The van der Waals surface area contributed by atoms with Gasteiger partial charge in [-0.2, -0.15) is 5.26 Å². The van der Waals surface area contributed by atoms with E-state index in [1.807, 2.05) is 30.3 Å². The number of thiophene rings is 1.